The molecule has 0 aliphatic carbocycles. The molecule has 1 saturated heterocycles. The third-order valence-electron chi connectivity index (χ3n) is 7.49. The van der Waals surface area contributed by atoms with E-state index in [1.54, 1.807) is 30.3 Å². The number of benzene rings is 3. The Hall–Kier alpha value is -4.90. The summed E-state index contributed by atoms with van der Waals surface area (Å²) in [6.45, 7) is 6.05. The second kappa shape index (κ2) is 14.3. The third-order valence-corrected chi connectivity index (χ3v) is 8.48. The van der Waals surface area contributed by atoms with E-state index in [4.69, 9.17) is 0 Å². The van der Waals surface area contributed by atoms with Crippen LogP contribution < -0.4 is 15.0 Å². The molecule has 1 aromatic heterocycles. The number of hydrogen-bond acceptors (Lipinski definition) is 6. The van der Waals surface area contributed by atoms with Crippen molar-refractivity contribution in [2.24, 2.45) is 4.99 Å². The lowest BCUT2D eigenvalue weighted by Crippen LogP contribution is -2.43. The Morgan fingerprint density at radius 3 is 2.53 bits per heavy atom. The topological polar surface area (TPSA) is 108 Å². The van der Waals surface area contributed by atoms with Crippen LogP contribution >= 0.6 is 11.8 Å². The van der Waals surface area contributed by atoms with Gasteiger partial charge in [0.25, 0.3) is 0 Å². The molecule has 9 nitrogen and oxygen atoms in total. The molecule has 1 N–H and O–H groups in total. The molecule has 47 heavy (non-hydrogen) atoms. The van der Waals surface area contributed by atoms with Crippen molar-refractivity contribution in [1.29, 1.82) is 5.26 Å². The normalized spacial score (nSPS) is 16.6. The summed E-state index contributed by atoms with van der Waals surface area (Å²) >= 11 is 1.46. The van der Waals surface area contributed by atoms with Gasteiger partial charge in [-0.1, -0.05) is 49.9 Å². The fraction of sp³-hybridized carbons (Fsp3) is 0.303. The van der Waals surface area contributed by atoms with Gasteiger partial charge in [0, 0.05) is 29.6 Å². The Balaban J connectivity index is 1.24. The van der Waals surface area contributed by atoms with Crippen LogP contribution in [0, 0.1) is 17.1 Å². The number of hydrogen-bond donors (Lipinski definition) is 1. The number of aliphatic imine (C=N–C) groups is 1. The Morgan fingerprint density at radius 1 is 1.15 bits per heavy atom. The van der Waals surface area contributed by atoms with Crippen molar-refractivity contribution in [3.8, 4) is 28.9 Å². The minimum absolute atomic E-state index is 0.0282. The van der Waals surface area contributed by atoms with Crippen molar-refractivity contribution < 1.29 is 27.1 Å². The van der Waals surface area contributed by atoms with Gasteiger partial charge in [-0.15, -0.1) is 18.3 Å². The Kier molecular flexibility index (Phi) is 10.1. The first-order valence-corrected chi connectivity index (χ1v) is 15.8. The highest BCUT2D eigenvalue weighted by atomic mass is 32.2. The maximum atomic E-state index is 14.1. The van der Waals surface area contributed by atoms with Crippen LogP contribution in [0.5, 0.6) is 5.75 Å². The SMILES string of the molecule is CC(C)c1cc(F)ccc1N1C(=NC(=O)NCC(C#N)c2ccc(-c3ncn(-c4ccc(OC(F)(F)F)cc4)n3)cc2)SCCC1C. The lowest BCUT2D eigenvalue weighted by molar-refractivity contribution is -0.274. The van der Waals surface area contributed by atoms with E-state index in [2.05, 4.69) is 31.2 Å². The number of carbonyl (C=O) groups excluding carboxylic acids is 1. The molecule has 2 unspecified atom stereocenters. The van der Waals surface area contributed by atoms with E-state index >= 15 is 0 Å². The molecular weight excluding hydrogens is 634 g/mol. The summed E-state index contributed by atoms with van der Waals surface area (Å²) in [4.78, 5) is 23.6. The van der Waals surface area contributed by atoms with Gasteiger partial charge in [0.05, 0.1) is 17.7 Å². The highest BCUT2D eigenvalue weighted by Gasteiger charge is 2.31. The average Bonchev–Trinajstić information content (AvgIpc) is 3.52. The van der Waals surface area contributed by atoms with E-state index < -0.39 is 18.3 Å². The molecule has 1 fully saturated rings. The predicted octanol–water partition coefficient (Wildman–Crippen LogP) is 7.80. The number of aromatic nitrogens is 3. The van der Waals surface area contributed by atoms with Crippen LogP contribution in [0.25, 0.3) is 17.1 Å². The standard InChI is InChI=1S/C33H31F4N7O2S/c1-20(2)28-16-25(34)8-13-29(28)44-21(3)14-15-47-32(44)41-31(45)39-18-24(17-38)22-4-6-23(7-5-22)30-40-19-43(42-30)26-9-11-27(12-10-26)46-33(35,36)37/h4-13,16,19-21,24H,14-15,18H2,1-3H3,(H,39,45). The molecule has 14 heteroatoms. The fourth-order valence-electron chi connectivity index (χ4n) is 5.08. The van der Waals surface area contributed by atoms with E-state index in [0.29, 0.717) is 27.8 Å². The molecule has 2 amide bonds. The van der Waals surface area contributed by atoms with E-state index in [0.717, 1.165) is 23.4 Å². The van der Waals surface area contributed by atoms with Gasteiger partial charge in [0.1, 0.15) is 17.9 Å². The van der Waals surface area contributed by atoms with E-state index in [1.807, 2.05) is 25.7 Å². The molecule has 0 saturated carbocycles. The summed E-state index contributed by atoms with van der Waals surface area (Å²) in [5.41, 5.74) is 3.45. The summed E-state index contributed by atoms with van der Waals surface area (Å²) in [5.74, 6) is -0.107. The number of nitriles is 1. The number of ether oxygens (including phenoxy) is 1. The number of urea groups is 1. The van der Waals surface area contributed by atoms with Gasteiger partial charge in [0.15, 0.2) is 11.0 Å². The number of carbonyl (C=O) groups is 1. The first-order valence-electron chi connectivity index (χ1n) is 14.8. The maximum absolute atomic E-state index is 14.1. The lowest BCUT2D eigenvalue weighted by atomic mass is 9.99. The summed E-state index contributed by atoms with van der Waals surface area (Å²) in [7, 11) is 0. The van der Waals surface area contributed by atoms with Gasteiger partial charge in [0.2, 0.25) is 0 Å². The van der Waals surface area contributed by atoms with Gasteiger partial charge >= 0.3 is 12.4 Å². The lowest BCUT2D eigenvalue weighted by Gasteiger charge is -2.37. The quantitative estimate of drug-likeness (QED) is 0.191. The molecule has 2 heterocycles. The molecule has 1 aliphatic rings. The second-order valence-electron chi connectivity index (χ2n) is 11.2. The van der Waals surface area contributed by atoms with Gasteiger partial charge in [-0.25, -0.2) is 18.9 Å². The Labute approximate surface area is 273 Å². The molecule has 0 spiro atoms. The van der Waals surface area contributed by atoms with Crippen LogP contribution in [0.2, 0.25) is 0 Å². The third kappa shape index (κ3) is 8.28. The molecule has 5 rings (SSSR count). The van der Waals surface area contributed by atoms with E-state index in [1.165, 1.54) is 59.2 Å². The minimum atomic E-state index is -4.78. The number of rotatable bonds is 8. The molecule has 0 radical (unpaired) electrons. The average molecular weight is 666 g/mol. The smallest absolute Gasteiger partial charge is 0.406 e. The molecule has 244 valence electrons. The number of nitrogens with one attached hydrogen (secondary N) is 1. The largest absolute Gasteiger partial charge is 0.573 e. The van der Waals surface area contributed by atoms with Crippen molar-refractivity contribution >= 4 is 28.6 Å². The molecule has 3 aromatic carbocycles. The zero-order valence-electron chi connectivity index (χ0n) is 25.7. The first-order chi connectivity index (χ1) is 22.4. The van der Waals surface area contributed by atoms with Gasteiger partial charge in [-0.3, -0.25) is 0 Å². The number of thioether (sulfide) groups is 1. The van der Waals surface area contributed by atoms with Crippen molar-refractivity contribution in [1.82, 2.24) is 20.1 Å². The van der Waals surface area contributed by atoms with Gasteiger partial charge in [-0.2, -0.15) is 10.3 Å². The highest BCUT2D eigenvalue weighted by Crippen LogP contribution is 2.35. The molecular formula is C33H31F4N7O2S. The number of halogens is 4. The molecule has 4 aromatic rings. The number of amidine groups is 1. The molecule has 1 aliphatic heterocycles. The van der Waals surface area contributed by atoms with Crippen LogP contribution in [-0.2, 0) is 0 Å². The Morgan fingerprint density at radius 2 is 1.87 bits per heavy atom. The van der Waals surface area contributed by atoms with Gasteiger partial charge in [-0.05, 0) is 72.9 Å². The van der Waals surface area contributed by atoms with Crippen LogP contribution in [0.4, 0.5) is 28.0 Å². The summed E-state index contributed by atoms with van der Waals surface area (Å²) < 4.78 is 56.7. The number of alkyl halides is 3. The Bertz CT molecular complexity index is 1780. The van der Waals surface area contributed by atoms with Crippen LogP contribution in [0.3, 0.4) is 0 Å². The number of nitrogens with zero attached hydrogens (tertiary/aromatic N) is 6. The number of anilines is 1. The summed E-state index contributed by atoms with van der Waals surface area (Å²) in [6, 6.07) is 18.5. The summed E-state index contributed by atoms with van der Waals surface area (Å²) in [6.07, 6.45) is -2.47. The van der Waals surface area contributed by atoms with E-state index in [9.17, 15) is 27.6 Å². The second-order valence-corrected chi connectivity index (χ2v) is 12.2. The van der Waals surface area contributed by atoms with Crippen LogP contribution in [-0.4, -0.2) is 50.7 Å². The molecule has 0 bridgehead atoms. The molecule has 2 atom stereocenters. The van der Waals surface area contributed by atoms with Crippen molar-refractivity contribution in [2.45, 2.75) is 51.4 Å². The number of amides is 2. The van der Waals surface area contributed by atoms with Crippen LogP contribution in [0.1, 0.15) is 50.2 Å². The highest BCUT2D eigenvalue weighted by molar-refractivity contribution is 8.14. The van der Waals surface area contributed by atoms with Gasteiger partial charge < -0.3 is 15.0 Å². The van der Waals surface area contributed by atoms with Crippen molar-refractivity contribution in [3.05, 3.63) is 90.0 Å². The minimum Gasteiger partial charge on any atom is -0.406 e. The van der Waals surface area contributed by atoms with Crippen molar-refractivity contribution in [2.75, 3.05) is 17.2 Å². The van der Waals surface area contributed by atoms with Crippen LogP contribution in [0.15, 0.2) is 78.0 Å². The summed E-state index contributed by atoms with van der Waals surface area (Å²) in [5, 5.41) is 17.5. The first kappa shape index (κ1) is 33.5. The fourth-order valence-corrected chi connectivity index (χ4v) is 6.29. The maximum Gasteiger partial charge on any atom is 0.573 e. The van der Waals surface area contributed by atoms with Crippen molar-refractivity contribution in [3.63, 3.8) is 0 Å². The zero-order valence-corrected chi connectivity index (χ0v) is 26.5. The van der Waals surface area contributed by atoms with E-state index in [-0.39, 0.29) is 30.1 Å². The predicted molar refractivity (Wildman–Crippen MR) is 172 cm³/mol. The zero-order chi connectivity index (χ0) is 33.7. The monoisotopic (exact) mass is 665 g/mol.